The number of nitrogens with one attached hydrogen (secondary N) is 2. The van der Waals surface area contributed by atoms with Gasteiger partial charge < -0.3 is 0 Å². The molecule has 0 bridgehead atoms. The SMILES string of the molecule is CC(C)CS(=O)(=O)NCc1cn[nH]c1. The van der Waals surface area contributed by atoms with E-state index < -0.39 is 10.0 Å². The number of sulfonamides is 1. The van der Waals surface area contributed by atoms with Gasteiger partial charge in [-0.05, 0) is 5.92 Å². The Morgan fingerprint density at radius 2 is 2.29 bits per heavy atom. The topological polar surface area (TPSA) is 74.8 Å². The monoisotopic (exact) mass is 217 g/mol. The maximum Gasteiger partial charge on any atom is 0.212 e. The van der Waals surface area contributed by atoms with Crippen LogP contribution in [0.25, 0.3) is 0 Å². The summed E-state index contributed by atoms with van der Waals surface area (Å²) in [6.45, 7) is 4.04. The number of nitrogens with zero attached hydrogens (tertiary/aromatic N) is 1. The molecule has 0 radical (unpaired) electrons. The van der Waals surface area contributed by atoms with E-state index in [2.05, 4.69) is 14.9 Å². The molecule has 0 aromatic carbocycles. The molecule has 0 aliphatic carbocycles. The molecule has 0 fully saturated rings. The van der Waals surface area contributed by atoms with E-state index >= 15 is 0 Å². The number of hydrogen-bond acceptors (Lipinski definition) is 3. The van der Waals surface area contributed by atoms with Crippen molar-refractivity contribution in [3.8, 4) is 0 Å². The van der Waals surface area contributed by atoms with E-state index in [0.717, 1.165) is 5.56 Å². The predicted octanol–water partition coefficient (Wildman–Crippen LogP) is 0.485. The molecule has 14 heavy (non-hydrogen) atoms. The minimum atomic E-state index is -3.15. The fourth-order valence-electron chi connectivity index (χ4n) is 1.07. The molecule has 0 aliphatic rings. The molecule has 1 aromatic heterocycles. The van der Waals surface area contributed by atoms with Crippen LogP contribution >= 0.6 is 0 Å². The van der Waals surface area contributed by atoms with Crippen molar-refractivity contribution in [2.24, 2.45) is 5.92 Å². The minimum Gasteiger partial charge on any atom is -0.285 e. The van der Waals surface area contributed by atoms with Gasteiger partial charge in [0, 0.05) is 18.3 Å². The lowest BCUT2D eigenvalue weighted by Gasteiger charge is -2.07. The zero-order valence-corrected chi connectivity index (χ0v) is 9.13. The highest BCUT2D eigenvalue weighted by atomic mass is 32.2. The molecule has 1 aromatic rings. The Labute approximate surface area is 84.0 Å². The normalized spacial score (nSPS) is 12.2. The quantitative estimate of drug-likeness (QED) is 0.753. The largest absolute Gasteiger partial charge is 0.285 e. The van der Waals surface area contributed by atoms with Crippen LogP contribution in [0.4, 0.5) is 0 Å². The highest BCUT2D eigenvalue weighted by molar-refractivity contribution is 7.89. The van der Waals surface area contributed by atoms with Gasteiger partial charge in [0.05, 0.1) is 11.9 Å². The van der Waals surface area contributed by atoms with Gasteiger partial charge >= 0.3 is 0 Å². The van der Waals surface area contributed by atoms with Gasteiger partial charge in [-0.15, -0.1) is 0 Å². The molecule has 80 valence electrons. The molecule has 0 spiro atoms. The van der Waals surface area contributed by atoms with Crippen molar-refractivity contribution in [1.82, 2.24) is 14.9 Å². The fraction of sp³-hybridized carbons (Fsp3) is 0.625. The van der Waals surface area contributed by atoms with E-state index in [1.54, 1.807) is 12.4 Å². The van der Waals surface area contributed by atoms with Gasteiger partial charge in [0.1, 0.15) is 0 Å². The van der Waals surface area contributed by atoms with Crippen LogP contribution in [0.15, 0.2) is 12.4 Å². The van der Waals surface area contributed by atoms with Crippen molar-refractivity contribution < 1.29 is 8.42 Å². The highest BCUT2D eigenvalue weighted by Gasteiger charge is 2.12. The van der Waals surface area contributed by atoms with Crippen molar-refractivity contribution in [2.75, 3.05) is 5.75 Å². The highest BCUT2D eigenvalue weighted by Crippen LogP contribution is 1.99. The van der Waals surface area contributed by atoms with E-state index in [1.807, 2.05) is 13.8 Å². The fourth-order valence-corrected chi connectivity index (χ4v) is 2.45. The zero-order chi connectivity index (χ0) is 10.6. The van der Waals surface area contributed by atoms with Gasteiger partial charge in [-0.25, -0.2) is 13.1 Å². The molecule has 0 saturated carbocycles. The predicted molar refractivity (Wildman–Crippen MR) is 54.1 cm³/mol. The van der Waals surface area contributed by atoms with Crippen molar-refractivity contribution in [2.45, 2.75) is 20.4 Å². The number of aromatic amines is 1. The Kier molecular flexibility index (Phi) is 3.65. The summed E-state index contributed by atoms with van der Waals surface area (Å²) >= 11 is 0. The summed E-state index contributed by atoms with van der Waals surface area (Å²) in [7, 11) is -3.15. The Hall–Kier alpha value is -0.880. The van der Waals surface area contributed by atoms with E-state index in [4.69, 9.17) is 0 Å². The smallest absolute Gasteiger partial charge is 0.212 e. The molecule has 1 rings (SSSR count). The number of hydrogen-bond donors (Lipinski definition) is 2. The summed E-state index contributed by atoms with van der Waals surface area (Å²) in [5.41, 5.74) is 0.831. The van der Waals surface area contributed by atoms with E-state index in [9.17, 15) is 8.42 Å². The first-order valence-electron chi connectivity index (χ1n) is 4.44. The van der Waals surface area contributed by atoms with E-state index in [1.165, 1.54) is 0 Å². The lowest BCUT2D eigenvalue weighted by atomic mass is 10.3. The van der Waals surface area contributed by atoms with Crippen molar-refractivity contribution in [3.05, 3.63) is 18.0 Å². The maximum atomic E-state index is 11.4. The molecule has 0 amide bonds. The van der Waals surface area contributed by atoms with Gasteiger partial charge in [0.25, 0.3) is 0 Å². The van der Waals surface area contributed by atoms with Crippen LogP contribution in [0.5, 0.6) is 0 Å². The summed E-state index contributed by atoms with van der Waals surface area (Å²) in [6, 6.07) is 0. The van der Waals surface area contributed by atoms with Gasteiger partial charge in [-0.1, -0.05) is 13.8 Å². The van der Waals surface area contributed by atoms with Crippen LogP contribution in [0.1, 0.15) is 19.4 Å². The number of H-pyrrole nitrogens is 1. The lowest BCUT2D eigenvalue weighted by molar-refractivity contribution is 0.568. The maximum absolute atomic E-state index is 11.4. The number of rotatable bonds is 5. The average molecular weight is 217 g/mol. The van der Waals surface area contributed by atoms with Gasteiger partial charge in [-0.2, -0.15) is 5.10 Å². The van der Waals surface area contributed by atoms with Crippen LogP contribution in [-0.4, -0.2) is 24.4 Å². The van der Waals surface area contributed by atoms with Gasteiger partial charge in [0.2, 0.25) is 10.0 Å². The minimum absolute atomic E-state index is 0.136. The second-order valence-corrected chi connectivity index (χ2v) is 5.45. The first-order valence-corrected chi connectivity index (χ1v) is 6.10. The molecule has 6 heteroatoms. The zero-order valence-electron chi connectivity index (χ0n) is 8.32. The first kappa shape index (κ1) is 11.2. The molecule has 0 saturated heterocycles. The van der Waals surface area contributed by atoms with Crippen LogP contribution in [0.2, 0.25) is 0 Å². The summed E-state index contributed by atoms with van der Waals surface area (Å²) in [4.78, 5) is 0. The Balaban J connectivity index is 2.45. The van der Waals surface area contributed by atoms with E-state index in [-0.39, 0.29) is 11.7 Å². The molecular weight excluding hydrogens is 202 g/mol. The van der Waals surface area contributed by atoms with Crippen LogP contribution < -0.4 is 4.72 Å². The Morgan fingerprint density at radius 1 is 1.57 bits per heavy atom. The van der Waals surface area contributed by atoms with Crippen LogP contribution in [0, 0.1) is 5.92 Å². The van der Waals surface area contributed by atoms with Gasteiger partial charge in [0.15, 0.2) is 0 Å². The molecular formula is C8H15N3O2S. The Morgan fingerprint density at radius 3 is 2.79 bits per heavy atom. The van der Waals surface area contributed by atoms with Crippen molar-refractivity contribution >= 4 is 10.0 Å². The molecule has 0 atom stereocenters. The second kappa shape index (κ2) is 4.56. The second-order valence-electron chi connectivity index (χ2n) is 3.60. The number of aromatic nitrogens is 2. The van der Waals surface area contributed by atoms with Crippen molar-refractivity contribution in [1.29, 1.82) is 0 Å². The molecule has 0 unspecified atom stereocenters. The van der Waals surface area contributed by atoms with Gasteiger partial charge in [-0.3, -0.25) is 5.10 Å². The Bertz CT molecular complexity index is 356. The standard InChI is InChI=1S/C8H15N3O2S/c1-7(2)6-14(12,13)11-5-8-3-9-10-4-8/h3-4,7,11H,5-6H2,1-2H3,(H,9,10). The third-order valence-corrected chi connectivity index (χ3v) is 3.29. The first-order chi connectivity index (χ1) is 6.49. The third-order valence-electron chi connectivity index (χ3n) is 1.60. The summed E-state index contributed by atoms with van der Waals surface area (Å²) in [5.74, 6) is 0.294. The van der Waals surface area contributed by atoms with Crippen LogP contribution in [0.3, 0.4) is 0 Å². The molecule has 2 N–H and O–H groups in total. The summed E-state index contributed by atoms with van der Waals surface area (Å²) in [6.07, 6.45) is 3.26. The summed E-state index contributed by atoms with van der Waals surface area (Å²) < 4.78 is 25.3. The van der Waals surface area contributed by atoms with E-state index in [0.29, 0.717) is 6.54 Å². The average Bonchev–Trinajstić information content (AvgIpc) is 2.50. The third kappa shape index (κ3) is 3.89. The van der Waals surface area contributed by atoms with Crippen molar-refractivity contribution in [3.63, 3.8) is 0 Å². The summed E-state index contributed by atoms with van der Waals surface area (Å²) in [5, 5.41) is 6.35. The molecule has 0 aliphatic heterocycles. The molecule has 1 heterocycles. The molecule has 5 nitrogen and oxygen atoms in total. The lowest BCUT2D eigenvalue weighted by Crippen LogP contribution is -2.27. The van der Waals surface area contributed by atoms with Crippen LogP contribution in [-0.2, 0) is 16.6 Å².